The molecule has 0 aliphatic rings. The number of amides is 2. The van der Waals surface area contributed by atoms with Gasteiger partial charge in [-0.05, 0) is 50.5 Å². The number of nitrogens with one attached hydrogen (secondary N) is 2. The van der Waals surface area contributed by atoms with Gasteiger partial charge in [0.2, 0.25) is 5.82 Å². The van der Waals surface area contributed by atoms with E-state index in [1.807, 2.05) is 44.4 Å². The van der Waals surface area contributed by atoms with Gasteiger partial charge in [0.15, 0.2) is 0 Å². The molecule has 0 spiro atoms. The maximum Gasteiger partial charge on any atom is 0.293 e. The van der Waals surface area contributed by atoms with E-state index in [9.17, 15) is 14.0 Å². The SMILES string of the molecule is CN(C)Cc1ccc2cccc(NC(=O)c3cnccn3)c2n1.O=C(Nc1cc(F)cc2cccnc12)c1ncccn1. The van der Waals surface area contributed by atoms with Crippen molar-refractivity contribution >= 4 is 45.0 Å². The maximum atomic E-state index is 13.5. The molecule has 2 N–H and O–H groups in total. The first-order valence-corrected chi connectivity index (χ1v) is 13.1. The molecule has 0 unspecified atom stereocenters. The van der Waals surface area contributed by atoms with Crippen LogP contribution in [0.4, 0.5) is 15.8 Å². The minimum atomic E-state index is -0.511. The molecule has 0 radical (unpaired) electrons. The van der Waals surface area contributed by atoms with E-state index in [1.165, 1.54) is 43.1 Å². The van der Waals surface area contributed by atoms with Gasteiger partial charge in [-0.1, -0.05) is 24.3 Å². The highest BCUT2D eigenvalue weighted by atomic mass is 19.1. The third-order valence-electron chi connectivity index (χ3n) is 5.99. The van der Waals surface area contributed by atoms with Gasteiger partial charge in [0, 0.05) is 48.3 Å². The van der Waals surface area contributed by atoms with Crippen molar-refractivity contribution in [2.24, 2.45) is 0 Å². The van der Waals surface area contributed by atoms with Crippen molar-refractivity contribution in [1.29, 1.82) is 0 Å². The van der Waals surface area contributed by atoms with Gasteiger partial charge in [-0.25, -0.2) is 24.3 Å². The minimum absolute atomic E-state index is 0.0147. The first-order valence-electron chi connectivity index (χ1n) is 13.1. The summed E-state index contributed by atoms with van der Waals surface area (Å²) in [5.41, 5.74) is 3.46. The molecule has 0 bridgehead atoms. The second-order valence-corrected chi connectivity index (χ2v) is 9.52. The Balaban J connectivity index is 0.000000173. The van der Waals surface area contributed by atoms with Crippen LogP contribution >= 0.6 is 0 Å². The zero-order chi connectivity index (χ0) is 30.2. The topological polar surface area (TPSA) is 139 Å². The number of para-hydroxylation sites is 1. The predicted molar refractivity (Wildman–Crippen MR) is 161 cm³/mol. The standard InChI is InChI=1S/C17H17N5O.C14H9FN4O/c1-22(2)11-13-7-6-12-4-3-5-14(16(12)20-13)21-17(23)15-10-18-8-9-19-15;15-10-7-9-3-1-4-16-12(9)11(8-10)19-14(20)13-17-5-2-6-18-13/h3-10H,11H2,1-2H3,(H,21,23);1-8H,(H,19,20). The average Bonchev–Trinajstić information content (AvgIpc) is 3.02. The van der Waals surface area contributed by atoms with E-state index in [-0.39, 0.29) is 23.1 Å². The highest BCUT2D eigenvalue weighted by molar-refractivity contribution is 6.07. The third kappa shape index (κ3) is 7.31. The van der Waals surface area contributed by atoms with Gasteiger partial charge in [-0.3, -0.25) is 19.6 Å². The van der Waals surface area contributed by atoms with Crippen LogP contribution < -0.4 is 10.6 Å². The molecule has 4 aromatic heterocycles. The third-order valence-corrected chi connectivity index (χ3v) is 5.99. The summed E-state index contributed by atoms with van der Waals surface area (Å²) in [5.74, 6) is -1.25. The Morgan fingerprint density at radius 3 is 2.28 bits per heavy atom. The molecule has 0 saturated carbocycles. The van der Waals surface area contributed by atoms with Crippen LogP contribution in [0.15, 0.2) is 97.8 Å². The minimum Gasteiger partial charge on any atom is -0.319 e. The van der Waals surface area contributed by atoms with Crippen LogP contribution in [0.25, 0.3) is 21.8 Å². The van der Waals surface area contributed by atoms with Gasteiger partial charge in [0.1, 0.15) is 11.5 Å². The molecule has 6 aromatic rings. The Kier molecular flexibility index (Phi) is 8.88. The van der Waals surface area contributed by atoms with E-state index in [4.69, 9.17) is 0 Å². The molecule has 0 aliphatic carbocycles. The Labute approximate surface area is 245 Å². The van der Waals surface area contributed by atoms with E-state index in [0.717, 1.165) is 23.1 Å². The molecule has 6 rings (SSSR count). The summed E-state index contributed by atoms with van der Waals surface area (Å²) in [7, 11) is 3.99. The first kappa shape index (κ1) is 28.8. The van der Waals surface area contributed by atoms with E-state index in [2.05, 4.69) is 45.4 Å². The molecule has 2 amide bonds. The van der Waals surface area contributed by atoms with Crippen molar-refractivity contribution in [2.45, 2.75) is 6.54 Å². The van der Waals surface area contributed by atoms with E-state index >= 15 is 0 Å². The summed E-state index contributed by atoms with van der Waals surface area (Å²) in [6.07, 6.45) is 8.96. The second kappa shape index (κ2) is 13.3. The fourth-order valence-corrected chi connectivity index (χ4v) is 4.15. The smallest absolute Gasteiger partial charge is 0.293 e. The number of benzene rings is 2. The van der Waals surface area contributed by atoms with Crippen molar-refractivity contribution in [3.8, 4) is 0 Å². The summed E-state index contributed by atoms with van der Waals surface area (Å²) < 4.78 is 13.5. The number of hydrogen-bond acceptors (Lipinski definition) is 9. The number of carbonyl (C=O) groups is 2. The zero-order valence-corrected chi connectivity index (χ0v) is 23.3. The Morgan fingerprint density at radius 2 is 1.51 bits per heavy atom. The van der Waals surface area contributed by atoms with Gasteiger partial charge in [-0.2, -0.15) is 0 Å². The zero-order valence-electron chi connectivity index (χ0n) is 23.3. The summed E-state index contributed by atoms with van der Waals surface area (Å²) >= 11 is 0. The van der Waals surface area contributed by atoms with E-state index in [1.54, 1.807) is 24.4 Å². The normalized spacial score (nSPS) is 10.7. The lowest BCUT2D eigenvalue weighted by atomic mass is 10.1. The molecule has 0 aliphatic heterocycles. The van der Waals surface area contributed by atoms with Crippen LogP contribution in [0, 0.1) is 5.82 Å². The maximum absolute atomic E-state index is 13.5. The molecule has 43 heavy (non-hydrogen) atoms. The molecule has 2 aromatic carbocycles. The number of fused-ring (bicyclic) bond motifs is 2. The van der Waals surface area contributed by atoms with Gasteiger partial charge in [0.25, 0.3) is 11.8 Å². The summed E-state index contributed by atoms with van der Waals surface area (Å²) in [6.45, 7) is 0.738. The molecule has 214 valence electrons. The monoisotopic (exact) mass is 575 g/mol. The van der Waals surface area contributed by atoms with Crippen LogP contribution in [-0.2, 0) is 6.54 Å². The average molecular weight is 576 g/mol. The fraction of sp³-hybridized carbons (Fsp3) is 0.0968. The second-order valence-electron chi connectivity index (χ2n) is 9.52. The quantitative estimate of drug-likeness (QED) is 0.288. The lowest BCUT2D eigenvalue weighted by molar-refractivity contribution is 0.101. The van der Waals surface area contributed by atoms with Gasteiger partial charge >= 0.3 is 0 Å². The van der Waals surface area contributed by atoms with Crippen LogP contribution in [-0.4, -0.2) is 60.7 Å². The Bertz CT molecular complexity index is 1890. The molecule has 4 heterocycles. The number of carbonyl (C=O) groups excluding carboxylic acids is 2. The lowest BCUT2D eigenvalue weighted by Crippen LogP contribution is -2.15. The van der Waals surface area contributed by atoms with Crippen molar-refractivity contribution in [3.05, 3.63) is 121 Å². The van der Waals surface area contributed by atoms with Gasteiger partial charge in [-0.15, -0.1) is 0 Å². The van der Waals surface area contributed by atoms with Crippen LogP contribution in [0.1, 0.15) is 26.8 Å². The molecule has 0 saturated heterocycles. The van der Waals surface area contributed by atoms with Crippen molar-refractivity contribution in [3.63, 3.8) is 0 Å². The van der Waals surface area contributed by atoms with Gasteiger partial charge < -0.3 is 15.5 Å². The van der Waals surface area contributed by atoms with Crippen LogP contribution in [0.3, 0.4) is 0 Å². The molecule has 11 nitrogen and oxygen atoms in total. The summed E-state index contributed by atoms with van der Waals surface area (Å²) in [5, 5.41) is 7.02. The van der Waals surface area contributed by atoms with Crippen molar-refractivity contribution in [2.75, 3.05) is 24.7 Å². The molecule has 12 heteroatoms. The number of nitrogens with zero attached hydrogens (tertiary/aromatic N) is 7. The van der Waals surface area contributed by atoms with Gasteiger partial charge in [0.05, 0.1) is 34.3 Å². The largest absolute Gasteiger partial charge is 0.319 e. The van der Waals surface area contributed by atoms with Crippen molar-refractivity contribution < 1.29 is 14.0 Å². The van der Waals surface area contributed by atoms with E-state index < -0.39 is 11.7 Å². The van der Waals surface area contributed by atoms with Crippen molar-refractivity contribution in [1.82, 2.24) is 34.8 Å². The molecule has 0 atom stereocenters. The fourth-order valence-electron chi connectivity index (χ4n) is 4.15. The number of pyridine rings is 2. The van der Waals surface area contributed by atoms with E-state index in [0.29, 0.717) is 16.6 Å². The molecular formula is C31H26FN9O2. The molecular weight excluding hydrogens is 549 g/mol. The predicted octanol–water partition coefficient (Wildman–Crippen LogP) is 4.75. The Morgan fingerprint density at radius 1 is 0.744 bits per heavy atom. The number of aromatic nitrogens is 6. The first-order chi connectivity index (χ1) is 20.9. The molecule has 0 fully saturated rings. The summed E-state index contributed by atoms with van der Waals surface area (Å²) in [6, 6.07) is 17.3. The number of anilines is 2. The number of rotatable bonds is 6. The highest BCUT2D eigenvalue weighted by Crippen LogP contribution is 2.24. The Hall–Kier alpha value is -5.75. The number of hydrogen-bond donors (Lipinski definition) is 2. The highest BCUT2D eigenvalue weighted by Gasteiger charge is 2.13. The van der Waals surface area contributed by atoms with Crippen LogP contribution in [0.5, 0.6) is 0 Å². The number of halogens is 1. The van der Waals surface area contributed by atoms with Crippen LogP contribution in [0.2, 0.25) is 0 Å². The lowest BCUT2D eigenvalue weighted by Gasteiger charge is -2.12. The summed E-state index contributed by atoms with van der Waals surface area (Å²) in [4.78, 5) is 50.7.